The second-order valence-electron chi connectivity index (χ2n) is 7.74. The van der Waals surface area contributed by atoms with E-state index in [2.05, 4.69) is 15.4 Å². The quantitative estimate of drug-likeness (QED) is 0.380. The Morgan fingerprint density at radius 3 is 2.56 bits per heavy atom. The number of aromatic nitrogens is 3. The molecule has 34 heavy (non-hydrogen) atoms. The van der Waals surface area contributed by atoms with Gasteiger partial charge in [0.05, 0.1) is 11.8 Å². The minimum absolute atomic E-state index is 0.0446. The highest BCUT2D eigenvalue weighted by Crippen LogP contribution is 2.31. The number of carbonyl (C=O) groups is 2. The number of benzene rings is 2. The molecular weight excluding hydrogens is 434 g/mol. The summed E-state index contributed by atoms with van der Waals surface area (Å²) in [5.74, 6) is -0.800. The second-order valence-corrected chi connectivity index (χ2v) is 7.74. The van der Waals surface area contributed by atoms with E-state index < -0.39 is 11.9 Å². The largest absolute Gasteiger partial charge is 0.482 e. The van der Waals surface area contributed by atoms with E-state index in [0.29, 0.717) is 11.4 Å². The van der Waals surface area contributed by atoms with E-state index in [4.69, 9.17) is 15.6 Å². The van der Waals surface area contributed by atoms with Crippen LogP contribution in [0.2, 0.25) is 0 Å². The minimum Gasteiger partial charge on any atom is -0.482 e. The van der Waals surface area contributed by atoms with Gasteiger partial charge < -0.3 is 20.9 Å². The van der Waals surface area contributed by atoms with E-state index in [0.717, 1.165) is 16.7 Å². The van der Waals surface area contributed by atoms with Crippen molar-refractivity contribution in [3.63, 3.8) is 0 Å². The molecule has 0 unspecified atom stereocenters. The third-order valence-corrected chi connectivity index (χ3v) is 5.21. The third-order valence-electron chi connectivity index (χ3n) is 5.21. The first-order valence-electron chi connectivity index (χ1n) is 10.5. The van der Waals surface area contributed by atoms with Gasteiger partial charge in [-0.2, -0.15) is 5.10 Å². The molecule has 9 heteroatoms. The molecular formula is C25H23N5O4. The number of carboxylic acid groups (broad SMARTS) is 1. The second kappa shape index (κ2) is 9.45. The number of aromatic carboxylic acids is 1. The molecule has 2 heterocycles. The standard InChI is InChI=1S/C25H23N5O4/c1-15(34-22-11-19(12-27-23(22)26)20-13-28-30(2)14-20)16-5-4-8-21(10-16)29-24(31)17-6-3-7-18(9-17)25(32)33/h3-15H,1-2H3,(H2,26,27)(H,29,31)(H,32,33)/t15-/m1/s1. The lowest BCUT2D eigenvalue weighted by atomic mass is 10.1. The monoisotopic (exact) mass is 457 g/mol. The number of nitrogens with two attached hydrogens (primary N) is 1. The Bertz CT molecular complexity index is 1360. The van der Waals surface area contributed by atoms with Gasteiger partial charge in [-0.15, -0.1) is 0 Å². The summed E-state index contributed by atoms with van der Waals surface area (Å²) in [6.45, 7) is 1.87. The summed E-state index contributed by atoms with van der Waals surface area (Å²) in [4.78, 5) is 28.0. The van der Waals surface area contributed by atoms with Crippen LogP contribution in [0.15, 0.2) is 73.2 Å². The average Bonchev–Trinajstić information content (AvgIpc) is 3.27. The summed E-state index contributed by atoms with van der Waals surface area (Å²) in [6, 6.07) is 14.9. The highest BCUT2D eigenvalue weighted by molar-refractivity contribution is 6.05. The molecule has 172 valence electrons. The summed E-state index contributed by atoms with van der Waals surface area (Å²) in [5.41, 5.74) is 9.41. The van der Waals surface area contributed by atoms with Crippen LogP contribution in [0.4, 0.5) is 11.5 Å². The number of hydrogen-bond donors (Lipinski definition) is 3. The van der Waals surface area contributed by atoms with E-state index >= 15 is 0 Å². The van der Waals surface area contributed by atoms with Crippen LogP contribution in [-0.4, -0.2) is 31.7 Å². The molecule has 1 atom stereocenters. The number of carbonyl (C=O) groups excluding carboxylic acids is 1. The lowest BCUT2D eigenvalue weighted by molar-refractivity contribution is 0.0697. The molecule has 0 saturated carbocycles. The number of carboxylic acids is 1. The molecule has 2 aromatic heterocycles. The number of hydrogen-bond acceptors (Lipinski definition) is 6. The third kappa shape index (κ3) is 5.04. The maximum Gasteiger partial charge on any atom is 0.335 e. The van der Waals surface area contributed by atoms with Gasteiger partial charge in [0.15, 0.2) is 11.6 Å². The molecule has 0 bridgehead atoms. The number of nitrogens with zero attached hydrogens (tertiary/aromatic N) is 3. The van der Waals surface area contributed by atoms with Gasteiger partial charge in [-0.1, -0.05) is 18.2 Å². The average molecular weight is 457 g/mol. The molecule has 0 aliphatic rings. The molecule has 9 nitrogen and oxygen atoms in total. The first-order chi connectivity index (χ1) is 16.3. The summed E-state index contributed by atoms with van der Waals surface area (Å²) in [7, 11) is 1.84. The first kappa shape index (κ1) is 22.5. The van der Waals surface area contributed by atoms with Crippen molar-refractivity contribution >= 4 is 23.4 Å². The fraction of sp³-hybridized carbons (Fsp3) is 0.120. The Kier molecular flexibility index (Phi) is 6.26. The number of nitrogens with one attached hydrogen (secondary N) is 1. The minimum atomic E-state index is -1.09. The maximum absolute atomic E-state index is 12.6. The van der Waals surface area contributed by atoms with Crippen molar-refractivity contribution in [3.05, 3.63) is 89.9 Å². The SMILES string of the molecule is C[C@@H](Oc1cc(-c2cnn(C)c2)cnc1N)c1cccc(NC(=O)c2cccc(C(=O)O)c2)c1. The van der Waals surface area contributed by atoms with E-state index in [9.17, 15) is 9.59 Å². The highest BCUT2D eigenvalue weighted by atomic mass is 16.5. The van der Waals surface area contributed by atoms with Crippen LogP contribution in [0.1, 0.15) is 39.3 Å². The Morgan fingerprint density at radius 2 is 1.82 bits per heavy atom. The van der Waals surface area contributed by atoms with Crippen molar-refractivity contribution in [2.45, 2.75) is 13.0 Å². The van der Waals surface area contributed by atoms with Crippen LogP contribution in [-0.2, 0) is 7.05 Å². The van der Waals surface area contributed by atoms with E-state index in [-0.39, 0.29) is 23.0 Å². The Hall–Kier alpha value is -4.66. The Morgan fingerprint density at radius 1 is 1.06 bits per heavy atom. The van der Waals surface area contributed by atoms with Crippen LogP contribution < -0.4 is 15.8 Å². The van der Waals surface area contributed by atoms with Crippen LogP contribution >= 0.6 is 0 Å². The van der Waals surface area contributed by atoms with Crippen molar-refractivity contribution in [2.24, 2.45) is 7.05 Å². The zero-order chi connectivity index (χ0) is 24.2. The predicted octanol–water partition coefficient (Wildman–Crippen LogP) is 4.15. The number of rotatable bonds is 7. The number of amides is 1. The number of aryl methyl sites for hydroxylation is 1. The van der Waals surface area contributed by atoms with E-state index in [1.165, 1.54) is 18.2 Å². The van der Waals surface area contributed by atoms with Gasteiger partial charge in [0, 0.05) is 41.8 Å². The fourth-order valence-corrected chi connectivity index (χ4v) is 3.40. The van der Waals surface area contributed by atoms with Crippen LogP contribution in [0.3, 0.4) is 0 Å². The summed E-state index contributed by atoms with van der Waals surface area (Å²) < 4.78 is 7.80. The van der Waals surface area contributed by atoms with Crippen LogP contribution in [0.25, 0.3) is 11.1 Å². The van der Waals surface area contributed by atoms with Gasteiger partial charge in [-0.05, 0) is 48.9 Å². The lowest BCUT2D eigenvalue weighted by Gasteiger charge is -2.17. The van der Waals surface area contributed by atoms with Crippen molar-refractivity contribution in [1.82, 2.24) is 14.8 Å². The molecule has 0 radical (unpaired) electrons. The van der Waals surface area contributed by atoms with Crippen molar-refractivity contribution in [2.75, 3.05) is 11.1 Å². The molecule has 0 saturated heterocycles. The van der Waals surface area contributed by atoms with Crippen molar-refractivity contribution in [3.8, 4) is 16.9 Å². The van der Waals surface area contributed by atoms with Crippen molar-refractivity contribution < 1.29 is 19.4 Å². The summed E-state index contributed by atoms with van der Waals surface area (Å²) in [6.07, 6.45) is 4.89. The molecule has 2 aromatic carbocycles. The van der Waals surface area contributed by atoms with Gasteiger partial charge >= 0.3 is 5.97 Å². The summed E-state index contributed by atoms with van der Waals surface area (Å²) >= 11 is 0. The van der Waals surface area contributed by atoms with Gasteiger partial charge in [-0.25, -0.2) is 9.78 Å². The molecule has 0 aliphatic carbocycles. The van der Waals surface area contributed by atoms with E-state index in [1.807, 2.05) is 32.3 Å². The molecule has 1 amide bonds. The zero-order valence-electron chi connectivity index (χ0n) is 18.6. The smallest absolute Gasteiger partial charge is 0.335 e. The van der Waals surface area contributed by atoms with Gasteiger partial charge in [0.25, 0.3) is 5.91 Å². The number of pyridine rings is 1. The number of anilines is 2. The van der Waals surface area contributed by atoms with Gasteiger partial charge in [-0.3, -0.25) is 9.48 Å². The maximum atomic E-state index is 12.6. The molecule has 0 spiro atoms. The molecule has 0 aliphatic heterocycles. The Labute approximate surface area is 195 Å². The normalized spacial score (nSPS) is 11.6. The lowest BCUT2D eigenvalue weighted by Crippen LogP contribution is -2.13. The van der Waals surface area contributed by atoms with Crippen molar-refractivity contribution in [1.29, 1.82) is 0 Å². The molecule has 4 rings (SSSR count). The van der Waals surface area contributed by atoms with Gasteiger partial charge in [0.1, 0.15) is 6.10 Å². The van der Waals surface area contributed by atoms with E-state index in [1.54, 1.807) is 41.3 Å². The van der Waals surface area contributed by atoms with Crippen LogP contribution in [0, 0.1) is 0 Å². The van der Waals surface area contributed by atoms with Gasteiger partial charge in [0.2, 0.25) is 0 Å². The molecule has 4 aromatic rings. The summed E-state index contributed by atoms with van der Waals surface area (Å²) in [5, 5.41) is 16.1. The number of ether oxygens (including phenoxy) is 1. The first-order valence-corrected chi connectivity index (χ1v) is 10.5. The topological polar surface area (TPSA) is 132 Å². The molecule has 4 N–H and O–H groups in total. The fourth-order valence-electron chi connectivity index (χ4n) is 3.40. The Balaban J connectivity index is 1.50. The highest BCUT2D eigenvalue weighted by Gasteiger charge is 2.14. The predicted molar refractivity (Wildman–Crippen MR) is 128 cm³/mol. The number of nitrogen functional groups attached to an aromatic ring is 1. The van der Waals surface area contributed by atoms with Crippen LogP contribution in [0.5, 0.6) is 5.75 Å². The zero-order valence-corrected chi connectivity index (χ0v) is 18.6. The molecule has 0 fully saturated rings.